The molecular weight excluding hydrogens is 530 g/mol. The molecule has 6 rings (SSSR count). The maximum atomic E-state index is 13.2. The van der Waals surface area contributed by atoms with Gasteiger partial charge in [-0.2, -0.15) is 0 Å². The van der Waals surface area contributed by atoms with Crippen LogP contribution < -0.4 is 10.6 Å². The third-order valence-corrected chi connectivity index (χ3v) is 8.99. The Morgan fingerprint density at radius 1 is 1.05 bits per heavy atom. The van der Waals surface area contributed by atoms with E-state index < -0.39 is 0 Å². The van der Waals surface area contributed by atoms with Gasteiger partial charge in [0.15, 0.2) is 0 Å². The monoisotopic (exact) mass is 565 g/mol. The fourth-order valence-corrected chi connectivity index (χ4v) is 6.63. The minimum absolute atomic E-state index is 0.0729. The molecule has 2 aliphatic rings. The van der Waals surface area contributed by atoms with E-state index in [1.54, 1.807) is 11.3 Å². The van der Waals surface area contributed by atoms with E-state index in [9.17, 15) is 9.59 Å². The van der Waals surface area contributed by atoms with E-state index >= 15 is 0 Å². The van der Waals surface area contributed by atoms with E-state index in [1.165, 1.54) is 0 Å². The number of nitrogens with zero attached hydrogens (tertiary/aromatic N) is 2. The van der Waals surface area contributed by atoms with E-state index in [-0.39, 0.29) is 11.8 Å². The molecule has 2 aromatic carbocycles. The molecule has 0 spiro atoms. The van der Waals surface area contributed by atoms with Crippen LogP contribution in [0.3, 0.4) is 0 Å². The van der Waals surface area contributed by atoms with Crippen LogP contribution in [0.1, 0.15) is 59.6 Å². The van der Waals surface area contributed by atoms with Crippen LogP contribution in [-0.2, 0) is 17.6 Å². The molecule has 0 radical (unpaired) electrons. The minimum atomic E-state index is -0.134. The summed E-state index contributed by atoms with van der Waals surface area (Å²) in [4.78, 5) is 37.0. The summed E-state index contributed by atoms with van der Waals surface area (Å²) < 4.78 is 0. The van der Waals surface area contributed by atoms with Crippen molar-refractivity contribution in [3.05, 3.63) is 82.0 Å². The Hall–Kier alpha value is -4.01. The molecule has 8 heteroatoms. The van der Waals surface area contributed by atoms with Crippen LogP contribution in [0.15, 0.2) is 53.9 Å². The summed E-state index contributed by atoms with van der Waals surface area (Å²) in [6.07, 6.45) is 5.83. The van der Waals surface area contributed by atoms with Crippen molar-refractivity contribution in [1.82, 2.24) is 20.2 Å². The molecule has 0 saturated heterocycles. The van der Waals surface area contributed by atoms with Crippen LogP contribution >= 0.6 is 11.3 Å². The Labute approximate surface area is 244 Å². The third kappa shape index (κ3) is 5.49. The number of nitrogens with one attached hydrogen (secondary N) is 3. The maximum absolute atomic E-state index is 13.2. The van der Waals surface area contributed by atoms with Crippen molar-refractivity contribution in [2.24, 2.45) is 0 Å². The van der Waals surface area contributed by atoms with Gasteiger partial charge in [0.25, 0.3) is 11.8 Å². The third-order valence-electron chi connectivity index (χ3n) is 8.10. The number of amides is 2. The zero-order valence-corrected chi connectivity index (χ0v) is 24.4. The molecule has 0 saturated carbocycles. The number of carbonyl (C=O) groups excluding carboxylic acids is 2. The summed E-state index contributed by atoms with van der Waals surface area (Å²) in [5, 5.41) is 9.14. The van der Waals surface area contributed by atoms with Crippen LogP contribution in [0.5, 0.6) is 0 Å². The SMILES string of the molecule is CCN(CC)CCNC(=O)c1[nH]c(C=C2C(=O)Nc3ccc(-c4csc(-c5ccccc5)n4)cc32)c2c1CCCC2. The highest BCUT2D eigenvalue weighted by molar-refractivity contribution is 7.13. The lowest BCUT2D eigenvalue weighted by Crippen LogP contribution is -2.35. The number of anilines is 1. The van der Waals surface area contributed by atoms with Crippen molar-refractivity contribution in [2.45, 2.75) is 39.5 Å². The van der Waals surface area contributed by atoms with Crippen molar-refractivity contribution in [1.29, 1.82) is 0 Å². The molecule has 0 bridgehead atoms. The normalized spacial score (nSPS) is 15.2. The number of thiazole rings is 1. The van der Waals surface area contributed by atoms with Gasteiger partial charge in [-0.25, -0.2) is 4.98 Å². The van der Waals surface area contributed by atoms with Gasteiger partial charge in [-0.1, -0.05) is 50.2 Å². The number of carbonyl (C=O) groups is 2. The van der Waals surface area contributed by atoms with Crippen LogP contribution in [0.2, 0.25) is 0 Å². The van der Waals surface area contributed by atoms with E-state index in [4.69, 9.17) is 4.98 Å². The summed E-state index contributed by atoms with van der Waals surface area (Å²) in [6, 6.07) is 16.1. The highest BCUT2D eigenvalue weighted by Crippen LogP contribution is 2.38. The van der Waals surface area contributed by atoms with Gasteiger partial charge in [0.1, 0.15) is 10.7 Å². The summed E-state index contributed by atoms with van der Waals surface area (Å²) >= 11 is 1.61. The van der Waals surface area contributed by atoms with Crippen molar-refractivity contribution in [2.75, 3.05) is 31.5 Å². The first-order chi connectivity index (χ1) is 20.1. The van der Waals surface area contributed by atoms with Gasteiger partial charge in [-0.05, 0) is 68.1 Å². The van der Waals surface area contributed by atoms with Crippen LogP contribution in [0.4, 0.5) is 5.69 Å². The summed E-state index contributed by atoms with van der Waals surface area (Å²) in [7, 11) is 0. The molecule has 4 aromatic rings. The van der Waals surface area contributed by atoms with Gasteiger partial charge in [0, 0.05) is 46.5 Å². The number of aromatic nitrogens is 2. The summed E-state index contributed by atoms with van der Waals surface area (Å²) in [6.45, 7) is 7.61. The Bertz CT molecular complexity index is 1610. The summed E-state index contributed by atoms with van der Waals surface area (Å²) in [5.74, 6) is -0.207. The second-order valence-electron chi connectivity index (χ2n) is 10.5. The number of hydrogen-bond acceptors (Lipinski definition) is 5. The highest BCUT2D eigenvalue weighted by Gasteiger charge is 2.28. The van der Waals surface area contributed by atoms with Crippen LogP contribution in [-0.4, -0.2) is 52.9 Å². The Balaban J connectivity index is 1.30. The Kier molecular flexibility index (Phi) is 7.85. The second-order valence-corrected chi connectivity index (χ2v) is 11.4. The van der Waals surface area contributed by atoms with E-state index in [2.05, 4.69) is 51.9 Å². The molecule has 210 valence electrons. The zero-order valence-electron chi connectivity index (χ0n) is 23.5. The lowest BCUT2D eigenvalue weighted by molar-refractivity contribution is -0.110. The first-order valence-corrected chi connectivity index (χ1v) is 15.4. The molecule has 2 amide bonds. The fraction of sp³-hybridized carbons (Fsp3) is 0.303. The maximum Gasteiger partial charge on any atom is 0.268 e. The van der Waals surface area contributed by atoms with Crippen molar-refractivity contribution < 1.29 is 9.59 Å². The quantitative estimate of drug-likeness (QED) is 0.209. The van der Waals surface area contributed by atoms with Gasteiger partial charge < -0.3 is 20.5 Å². The predicted molar refractivity (Wildman–Crippen MR) is 167 cm³/mol. The molecule has 0 atom stereocenters. The zero-order chi connectivity index (χ0) is 28.3. The standard InChI is InChI=1S/C33H35N5O2S/c1-3-38(4-2)17-16-34-32(40)30-24-13-9-8-12-23(24)28(35-30)19-26-25-18-22(14-15-27(25)36-31(26)39)29-20-41-33(37-29)21-10-6-5-7-11-21/h5-7,10-11,14-15,18-20,35H,3-4,8-9,12-13,16-17H2,1-2H3,(H,34,40)(H,36,39). The molecule has 2 aromatic heterocycles. The fourth-order valence-electron chi connectivity index (χ4n) is 5.79. The lowest BCUT2D eigenvalue weighted by Gasteiger charge is -2.18. The molecule has 7 nitrogen and oxygen atoms in total. The average molecular weight is 566 g/mol. The molecule has 41 heavy (non-hydrogen) atoms. The number of hydrogen-bond donors (Lipinski definition) is 3. The number of rotatable bonds is 9. The molecule has 3 N–H and O–H groups in total. The van der Waals surface area contributed by atoms with E-state index in [1.807, 2.05) is 42.5 Å². The number of aromatic amines is 1. The minimum Gasteiger partial charge on any atom is -0.351 e. The highest BCUT2D eigenvalue weighted by atomic mass is 32.1. The largest absolute Gasteiger partial charge is 0.351 e. The lowest BCUT2D eigenvalue weighted by atomic mass is 9.91. The van der Waals surface area contributed by atoms with E-state index in [0.717, 1.165) is 95.2 Å². The van der Waals surface area contributed by atoms with Gasteiger partial charge in [0.2, 0.25) is 0 Å². The molecule has 1 aliphatic carbocycles. The molecule has 3 heterocycles. The number of fused-ring (bicyclic) bond motifs is 2. The second kappa shape index (κ2) is 11.8. The van der Waals surface area contributed by atoms with Gasteiger partial charge in [0.05, 0.1) is 11.3 Å². The predicted octanol–water partition coefficient (Wildman–Crippen LogP) is 6.25. The first-order valence-electron chi connectivity index (χ1n) is 14.5. The molecule has 0 unspecified atom stereocenters. The smallest absolute Gasteiger partial charge is 0.268 e. The molecule has 1 aliphatic heterocycles. The average Bonchev–Trinajstić information content (AvgIpc) is 3.72. The Morgan fingerprint density at radius 3 is 2.61 bits per heavy atom. The van der Waals surface area contributed by atoms with Gasteiger partial charge in [-0.15, -0.1) is 11.3 Å². The molecule has 0 fully saturated rings. The van der Waals surface area contributed by atoms with Crippen LogP contribution in [0.25, 0.3) is 33.5 Å². The number of likely N-dealkylation sites (N-methyl/N-ethyl adjacent to an activating group) is 1. The van der Waals surface area contributed by atoms with E-state index in [0.29, 0.717) is 17.8 Å². The Morgan fingerprint density at radius 2 is 1.83 bits per heavy atom. The van der Waals surface area contributed by atoms with Crippen molar-refractivity contribution in [3.63, 3.8) is 0 Å². The van der Waals surface area contributed by atoms with Gasteiger partial charge in [-0.3, -0.25) is 9.59 Å². The van der Waals surface area contributed by atoms with Crippen LogP contribution in [0, 0.1) is 0 Å². The number of benzene rings is 2. The van der Waals surface area contributed by atoms with Gasteiger partial charge >= 0.3 is 0 Å². The topological polar surface area (TPSA) is 90.1 Å². The summed E-state index contributed by atoms with van der Waals surface area (Å²) in [5.41, 5.74) is 8.92. The van der Waals surface area contributed by atoms with Crippen molar-refractivity contribution >= 4 is 40.5 Å². The number of H-pyrrole nitrogens is 1. The van der Waals surface area contributed by atoms with Crippen molar-refractivity contribution in [3.8, 4) is 21.8 Å². The first kappa shape index (κ1) is 27.2. The molecular formula is C33H35N5O2S.